The van der Waals surface area contributed by atoms with E-state index in [9.17, 15) is 4.79 Å². The molecule has 15 heavy (non-hydrogen) atoms. The van der Waals surface area contributed by atoms with E-state index >= 15 is 0 Å². The van der Waals surface area contributed by atoms with Gasteiger partial charge in [-0.1, -0.05) is 13.8 Å². The van der Waals surface area contributed by atoms with Crippen molar-refractivity contribution in [1.29, 1.82) is 0 Å². The predicted octanol–water partition coefficient (Wildman–Crippen LogP) is 1.63. The van der Waals surface area contributed by atoms with Crippen LogP contribution in [0.15, 0.2) is 0 Å². The molecule has 1 N–H and O–H groups in total. The molecule has 4 nitrogen and oxygen atoms in total. The van der Waals surface area contributed by atoms with Crippen LogP contribution < -0.4 is 0 Å². The Hall–Kier alpha value is -0.770. The van der Waals surface area contributed by atoms with Gasteiger partial charge in [0.15, 0.2) is 0 Å². The predicted molar refractivity (Wildman–Crippen MR) is 57.6 cm³/mol. The van der Waals surface area contributed by atoms with Crippen LogP contribution in [0.3, 0.4) is 0 Å². The molecule has 0 aromatic rings. The summed E-state index contributed by atoms with van der Waals surface area (Å²) in [4.78, 5) is 13.3. The average Bonchev–Trinajstić information content (AvgIpc) is 2.10. The van der Waals surface area contributed by atoms with E-state index in [1.54, 1.807) is 4.90 Å². The van der Waals surface area contributed by atoms with Gasteiger partial charge < -0.3 is 14.7 Å². The summed E-state index contributed by atoms with van der Waals surface area (Å²) in [5.74, 6) is 0.353. The lowest BCUT2D eigenvalue weighted by atomic mass is 9.92. The Balaban J connectivity index is 2.36. The van der Waals surface area contributed by atoms with Crippen molar-refractivity contribution in [1.82, 2.24) is 4.90 Å². The van der Waals surface area contributed by atoms with Crippen LogP contribution in [-0.2, 0) is 4.74 Å². The van der Waals surface area contributed by atoms with Gasteiger partial charge in [-0.25, -0.2) is 4.79 Å². The molecule has 0 aromatic heterocycles. The molecule has 0 radical (unpaired) electrons. The Morgan fingerprint density at radius 2 is 2.20 bits per heavy atom. The zero-order valence-electron chi connectivity index (χ0n) is 9.61. The van der Waals surface area contributed by atoms with Gasteiger partial charge in [-0.05, 0) is 25.2 Å². The van der Waals surface area contributed by atoms with Gasteiger partial charge in [0, 0.05) is 12.6 Å². The van der Waals surface area contributed by atoms with Crippen molar-refractivity contribution in [2.45, 2.75) is 39.2 Å². The van der Waals surface area contributed by atoms with Gasteiger partial charge in [-0.3, -0.25) is 0 Å². The minimum absolute atomic E-state index is 0.00722. The molecular weight excluding hydrogens is 194 g/mol. The highest BCUT2D eigenvalue weighted by atomic mass is 16.6. The smallest absolute Gasteiger partial charge is 0.410 e. The Morgan fingerprint density at radius 3 is 2.60 bits per heavy atom. The SMILES string of the molecule is CC(C)COC(=O)N(CCO)C1CCC1. The summed E-state index contributed by atoms with van der Waals surface area (Å²) in [5, 5.41) is 8.88. The van der Waals surface area contributed by atoms with Crippen molar-refractivity contribution >= 4 is 6.09 Å². The van der Waals surface area contributed by atoms with E-state index in [2.05, 4.69) is 0 Å². The molecule has 0 unspecified atom stereocenters. The lowest BCUT2D eigenvalue weighted by Crippen LogP contribution is -2.46. The van der Waals surface area contributed by atoms with Crippen LogP contribution >= 0.6 is 0 Å². The van der Waals surface area contributed by atoms with E-state index in [1.165, 1.54) is 6.42 Å². The Bertz CT molecular complexity index is 202. The minimum Gasteiger partial charge on any atom is -0.449 e. The van der Waals surface area contributed by atoms with Crippen molar-refractivity contribution in [3.63, 3.8) is 0 Å². The van der Waals surface area contributed by atoms with Gasteiger partial charge >= 0.3 is 6.09 Å². The maximum absolute atomic E-state index is 11.7. The number of carbonyl (C=O) groups is 1. The summed E-state index contributed by atoms with van der Waals surface area (Å²) in [6, 6.07) is 0.289. The third-order valence-electron chi connectivity index (χ3n) is 2.63. The van der Waals surface area contributed by atoms with Crippen molar-refractivity contribution in [2.75, 3.05) is 19.8 Å². The van der Waals surface area contributed by atoms with Gasteiger partial charge in [-0.2, -0.15) is 0 Å². The van der Waals surface area contributed by atoms with E-state index in [4.69, 9.17) is 9.84 Å². The number of carbonyl (C=O) groups excluding carboxylic acids is 1. The lowest BCUT2D eigenvalue weighted by molar-refractivity contribution is 0.0515. The van der Waals surface area contributed by atoms with Crippen LogP contribution in [-0.4, -0.2) is 41.9 Å². The topological polar surface area (TPSA) is 49.8 Å². The first kappa shape index (κ1) is 12.3. The standard InChI is InChI=1S/C11H21NO3/c1-9(2)8-15-11(14)12(6-7-13)10-4-3-5-10/h9-10,13H,3-8H2,1-2H3. The van der Waals surface area contributed by atoms with Crippen LogP contribution in [0.4, 0.5) is 4.79 Å². The van der Waals surface area contributed by atoms with Crippen molar-refractivity contribution in [3.05, 3.63) is 0 Å². The van der Waals surface area contributed by atoms with Crippen LogP contribution in [0.2, 0.25) is 0 Å². The maximum Gasteiger partial charge on any atom is 0.410 e. The molecule has 1 rings (SSSR count). The summed E-state index contributed by atoms with van der Waals surface area (Å²) >= 11 is 0. The average molecular weight is 215 g/mol. The Labute approximate surface area is 91.2 Å². The molecule has 1 amide bonds. The number of amides is 1. The third kappa shape index (κ3) is 3.70. The number of aliphatic hydroxyl groups excluding tert-OH is 1. The first-order valence-electron chi connectivity index (χ1n) is 5.69. The van der Waals surface area contributed by atoms with Crippen molar-refractivity contribution in [2.24, 2.45) is 5.92 Å². The molecule has 1 fully saturated rings. The fourth-order valence-electron chi connectivity index (χ4n) is 1.55. The highest BCUT2D eigenvalue weighted by Crippen LogP contribution is 2.25. The number of rotatable bonds is 5. The summed E-state index contributed by atoms with van der Waals surface area (Å²) in [6.07, 6.45) is 2.97. The van der Waals surface area contributed by atoms with Gasteiger partial charge in [-0.15, -0.1) is 0 Å². The second kappa shape index (κ2) is 5.95. The van der Waals surface area contributed by atoms with E-state index in [-0.39, 0.29) is 18.7 Å². The molecule has 4 heteroatoms. The number of hydrogen-bond acceptors (Lipinski definition) is 3. The first-order chi connectivity index (χ1) is 7.15. The molecule has 0 aromatic carbocycles. The molecular formula is C11H21NO3. The van der Waals surface area contributed by atoms with E-state index in [0.717, 1.165) is 12.8 Å². The number of nitrogens with zero attached hydrogens (tertiary/aromatic N) is 1. The molecule has 1 aliphatic carbocycles. The fourth-order valence-corrected chi connectivity index (χ4v) is 1.55. The summed E-state index contributed by atoms with van der Waals surface area (Å²) in [6.45, 7) is 4.86. The van der Waals surface area contributed by atoms with E-state index < -0.39 is 0 Å². The molecule has 1 saturated carbocycles. The second-order valence-corrected chi connectivity index (χ2v) is 4.47. The molecule has 1 aliphatic rings. The molecule has 0 spiro atoms. The highest BCUT2D eigenvalue weighted by Gasteiger charge is 2.29. The fraction of sp³-hybridized carbons (Fsp3) is 0.909. The molecule has 88 valence electrons. The maximum atomic E-state index is 11.7. The Kier molecular flexibility index (Phi) is 4.88. The van der Waals surface area contributed by atoms with Crippen molar-refractivity contribution in [3.8, 4) is 0 Å². The Morgan fingerprint density at radius 1 is 1.53 bits per heavy atom. The number of aliphatic hydroxyl groups is 1. The molecule has 0 bridgehead atoms. The molecule has 0 heterocycles. The van der Waals surface area contributed by atoms with Gasteiger partial charge in [0.2, 0.25) is 0 Å². The molecule has 0 aliphatic heterocycles. The largest absolute Gasteiger partial charge is 0.449 e. The van der Waals surface area contributed by atoms with Gasteiger partial charge in [0.1, 0.15) is 0 Å². The summed E-state index contributed by atoms with van der Waals surface area (Å²) < 4.78 is 5.15. The summed E-state index contributed by atoms with van der Waals surface area (Å²) in [5.41, 5.74) is 0. The van der Waals surface area contributed by atoms with Crippen LogP contribution in [0.25, 0.3) is 0 Å². The van der Waals surface area contributed by atoms with Gasteiger partial charge in [0.25, 0.3) is 0 Å². The molecule has 0 saturated heterocycles. The van der Waals surface area contributed by atoms with E-state index in [1.807, 2.05) is 13.8 Å². The van der Waals surface area contributed by atoms with Crippen LogP contribution in [0.5, 0.6) is 0 Å². The quantitative estimate of drug-likeness (QED) is 0.758. The monoisotopic (exact) mass is 215 g/mol. The lowest BCUT2D eigenvalue weighted by Gasteiger charge is -2.36. The van der Waals surface area contributed by atoms with Crippen LogP contribution in [0, 0.1) is 5.92 Å². The highest BCUT2D eigenvalue weighted by molar-refractivity contribution is 5.68. The zero-order valence-corrected chi connectivity index (χ0v) is 9.61. The minimum atomic E-state index is -0.276. The second-order valence-electron chi connectivity index (χ2n) is 4.47. The normalized spacial score (nSPS) is 16.3. The number of ether oxygens (including phenoxy) is 1. The zero-order chi connectivity index (χ0) is 11.3. The molecule has 0 atom stereocenters. The summed E-state index contributed by atoms with van der Waals surface area (Å²) in [7, 11) is 0. The van der Waals surface area contributed by atoms with Crippen LogP contribution in [0.1, 0.15) is 33.1 Å². The van der Waals surface area contributed by atoms with Gasteiger partial charge in [0.05, 0.1) is 13.2 Å². The first-order valence-corrected chi connectivity index (χ1v) is 5.69. The van der Waals surface area contributed by atoms with Crippen molar-refractivity contribution < 1.29 is 14.6 Å². The number of hydrogen-bond donors (Lipinski definition) is 1. The third-order valence-corrected chi connectivity index (χ3v) is 2.63. The van der Waals surface area contributed by atoms with E-state index in [0.29, 0.717) is 19.1 Å².